The Balaban J connectivity index is 2.59. The quantitative estimate of drug-likeness (QED) is 0.658. The number of para-hydroxylation sites is 1. The van der Waals surface area contributed by atoms with Gasteiger partial charge in [0.25, 0.3) is 0 Å². The maximum Gasteiger partial charge on any atom is 0.142 e. The Morgan fingerprint density at radius 1 is 0.958 bits per heavy atom. The summed E-state index contributed by atoms with van der Waals surface area (Å²) in [6.45, 7) is 12.9. The van der Waals surface area contributed by atoms with Crippen molar-refractivity contribution in [1.82, 2.24) is 0 Å². The Hall–Kier alpha value is -2.03. The Labute approximate surface area is 147 Å². The molecule has 0 radical (unpaired) electrons. The molecule has 2 aromatic rings. The zero-order chi connectivity index (χ0) is 18.1. The highest BCUT2D eigenvalue weighted by atomic mass is 16.3. The van der Waals surface area contributed by atoms with Gasteiger partial charge in [-0.3, -0.25) is 4.99 Å². The average molecular weight is 321 g/mol. The van der Waals surface area contributed by atoms with Crippen molar-refractivity contribution in [2.75, 3.05) is 0 Å². The fraction of sp³-hybridized carbons (Fsp3) is 0.381. The molecule has 0 aromatic heterocycles. The van der Waals surface area contributed by atoms with E-state index < -0.39 is 0 Å². The fourth-order valence-electron chi connectivity index (χ4n) is 2.61. The van der Waals surface area contributed by atoms with Crippen LogP contribution in [0.1, 0.15) is 58.2 Å². The first-order chi connectivity index (χ1) is 11.0. The molecular formula is C21H28BNO. The number of nitrogens with zero attached hydrogens (tertiary/aromatic N) is 1. The first kappa shape index (κ1) is 18.3. The second kappa shape index (κ2) is 6.47. The van der Waals surface area contributed by atoms with E-state index in [0.717, 1.165) is 22.3 Å². The van der Waals surface area contributed by atoms with E-state index in [4.69, 9.17) is 0 Å². The number of phenolic OH excluding ortho intramolecular Hbond substituents is 1. The molecule has 2 rings (SSSR count). The lowest BCUT2D eigenvalue weighted by molar-refractivity contribution is 0.444. The minimum atomic E-state index is -0.128. The molecule has 0 bridgehead atoms. The van der Waals surface area contributed by atoms with Crippen molar-refractivity contribution < 1.29 is 5.11 Å². The minimum absolute atomic E-state index is 0.0129. The summed E-state index contributed by atoms with van der Waals surface area (Å²) in [5.74, 6) is 0.327. The normalized spacial score (nSPS) is 12.8. The summed E-state index contributed by atoms with van der Waals surface area (Å²) in [5.41, 5.74) is 4.87. The second-order valence-corrected chi connectivity index (χ2v) is 8.51. The van der Waals surface area contributed by atoms with Crippen LogP contribution in [0.15, 0.2) is 41.4 Å². The van der Waals surface area contributed by atoms with Crippen molar-refractivity contribution in [1.29, 1.82) is 0 Å². The lowest BCUT2D eigenvalue weighted by atomic mass is 9.79. The van der Waals surface area contributed by atoms with Gasteiger partial charge >= 0.3 is 0 Å². The minimum Gasteiger partial charge on any atom is -0.507 e. The van der Waals surface area contributed by atoms with Crippen LogP contribution in [0.5, 0.6) is 5.75 Å². The molecule has 2 aromatic carbocycles. The Morgan fingerprint density at radius 3 is 2.12 bits per heavy atom. The number of aliphatic imine (C=N–C) groups is 1. The van der Waals surface area contributed by atoms with Gasteiger partial charge in [-0.05, 0) is 28.5 Å². The highest BCUT2D eigenvalue weighted by Gasteiger charge is 2.24. The second-order valence-electron chi connectivity index (χ2n) is 8.51. The van der Waals surface area contributed by atoms with Crippen LogP contribution in [0, 0.1) is 0 Å². The van der Waals surface area contributed by atoms with Crippen LogP contribution in [0.2, 0.25) is 0 Å². The maximum atomic E-state index is 10.8. The third-order valence-electron chi connectivity index (χ3n) is 4.27. The number of hydrogen-bond donors (Lipinski definition) is 1. The van der Waals surface area contributed by atoms with Gasteiger partial charge in [-0.25, -0.2) is 0 Å². The number of phenols is 1. The topological polar surface area (TPSA) is 32.6 Å². The fourth-order valence-corrected chi connectivity index (χ4v) is 2.61. The average Bonchev–Trinajstić information content (AvgIpc) is 2.45. The van der Waals surface area contributed by atoms with Gasteiger partial charge in [-0.1, -0.05) is 71.3 Å². The van der Waals surface area contributed by atoms with E-state index in [1.165, 1.54) is 5.56 Å². The molecule has 0 fully saturated rings. The van der Waals surface area contributed by atoms with Crippen LogP contribution < -0.4 is 5.46 Å². The molecule has 0 aliphatic carbocycles. The molecule has 2 nitrogen and oxygen atoms in total. The summed E-state index contributed by atoms with van der Waals surface area (Å²) in [5, 5.41) is 10.8. The van der Waals surface area contributed by atoms with Crippen LogP contribution >= 0.6 is 0 Å². The van der Waals surface area contributed by atoms with Gasteiger partial charge in [0.05, 0.1) is 5.69 Å². The zero-order valence-electron chi connectivity index (χ0n) is 15.9. The van der Waals surface area contributed by atoms with E-state index in [1.807, 2.05) is 38.2 Å². The molecule has 0 amide bonds. The molecule has 0 unspecified atom stereocenters. The molecule has 0 atom stereocenters. The molecular weight excluding hydrogens is 293 g/mol. The van der Waals surface area contributed by atoms with E-state index in [0.29, 0.717) is 5.75 Å². The van der Waals surface area contributed by atoms with Crippen LogP contribution in [0.3, 0.4) is 0 Å². The Kier molecular flexibility index (Phi) is 4.93. The van der Waals surface area contributed by atoms with Crippen molar-refractivity contribution in [2.24, 2.45) is 4.99 Å². The summed E-state index contributed by atoms with van der Waals surface area (Å²) >= 11 is 0. The highest BCUT2D eigenvalue weighted by molar-refractivity contribution is 6.35. The Bertz CT molecular complexity index is 764. The van der Waals surface area contributed by atoms with Crippen LogP contribution in [-0.4, -0.2) is 19.2 Å². The molecule has 0 aliphatic rings. The molecule has 3 heteroatoms. The monoisotopic (exact) mass is 321 g/mol. The maximum absolute atomic E-state index is 10.8. The van der Waals surface area contributed by atoms with Crippen LogP contribution in [-0.2, 0) is 10.8 Å². The SMILES string of the molecule is Bc1ccccc1/N=C/c1cc(C(C)(C)C)cc(C(C)(C)C)c1O. The molecule has 0 saturated carbocycles. The highest BCUT2D eigenvalue weighted by Crippen LogP contribution is 2.37. The zero-order valence-corrected chi connectivity index (χ0v) is 15.9. The van der Waals surface area contributed by atoms with Gasteiger partial charge in [-0.15, -0.1) is 0 Å². The summed E-state index contributed by atoms with van der Waals surface area (Å²) in [4.78, 5) is 4.60. The van der Waals surface area contributed by atoms with Crippen molar-refractivity contribution >= 4 is 25.2 Å². The molecule has 0 aliphatic heterocycles. The third kappa shape index (κ3) is 4.08. The van der Waals surface area contributed by atoms with Gasteiger partial charge in [0, 0.05) is 17.3 Å². The van der Waals surface area contributed by atoms with E-state index in [-0.39, 0.29) is 10.8 Å². The standard InChI is InChI=1S/C21H28BNO/c1-20(2,3)15-11-14(19(24)16(12-15)21(4,5)6)13-23-18-10-8-7-9-17(18)22/h7-13,24H,22H2,1-6H3/b23-13+. The summed E-state index contributed by atoms with van der Waals surface area (Å²) in [6, 6.07) is 12.2. The van der Waals surface area contributed by atoms with E-state index in [1.54, 1.807) is 6.21 Å². The molecule has 0 spiro atoms. The van der Waals surface area contributed by atoms with E-state index >= 15 is 0 Å². The number of aromatic hydroxyl groups is 1. The lowest BCUT2D eigenvalue weighted by Gasteiger charge is -2.27. The van der Waals surface area contributed by atoms with Gasteiger partial charge in [0.15, 0.2) is 0 Å². The molecule has 0 saturated heterocycles. The summed E-state index contributed by atoms with van der Waals surface area (Å²) in [6.07, 6.45) is 1.78. The van der Waals surface area contributed by atoms with Crippen molar-refractivity contribution in [2.45, 2.75) is 52.4 Å². The van der Waals surface area contributed by atoms with Gasteiger partial charge in [0.2, 0.25) is 0 Å². The summed E-state index contributed by atoms with van der Waals surface area (Å²) in [7, 11) is 2.04. The van der Waals surface area contributed by atoms with Gasteiger partial charge < -0.3 is 5.11 Å². The number of benzene rings is 2. The van der Waals surface area contributed by atoms with Gasteiger partial charge in [0.1, 0.15) is 13.6 Å². The molecule has 0 heterocycles. The van der Waals surface area contributed by atoms with Gasteiger partial charge in [-0.2, -0.15) is 0 Å². The van der Waals surface area contributed by atoms with Crippen LogP contribution in [0.25, 0.3) is 0 Å². The lowest BCUT2D eigenvalue weighted by Crippen LogP contribution is -2.17. The predicted octanol–water partition coefficient (Wildman–Crippen LogP) is 4.00. The molecule has 126 valence electrons. The van der Waals surface area contributed by atoms with E-state index in [9.17, 15) is 5.11 Å². The first-order valence-corrected chi connectivity index (χ1v) is 8.48. The molecule has 24 heavy (non-hydrogen) atoms. The first-order valence-electron chi connectivity index (χ1n) is 8.48. The van der Waals surface area contributed by atoms with Crippen molar-refractivity contribution in [3.05, 3.63) is 53.1 Å². The van der Waals surface area contributed by atoms with E-state index in [2.05, 4.69) is 52.6 Å². The predicted molar refractivity (Wildman–Crippen MR) is 107 cm³/mol. The summed E-state index contributed by atoms with van der Waals surface area (Å²) < 4.78 is 0. The smallest absolute Gasteiger partial charge is 0.142 e. The Morgan fingerprint density at radius 2 is 1.58 bits per heavy atom. The van der Waals surface area contributed by atoms with Crippen LogP contribution in [0.4, 0.5) is 5.69 Å². The van der Waals surface area contributed by atoms with Crippen molar-refractivity contribution in [3.8, 4) is 5.75 Å². The molecule has 1 N–H and O–H groups in total. The largest absolute Gasteiger partial charge is 0.507 e. The number of hydrogen-bond acceptors (Lipinski definition) is 2. The number of rotatable bonds is 2. The van der Waals surface area contributed by atoms with Crippen molar-refractivity contribution in [3.63, 3.8) is 0 Å². The third-order valence-corrected chi connectivity index (χ3v) is 4.27.